The lowest BCUT2D eigenvalue weighted by Crippen LogP contribution is -2.16. The Morgan fingerprint density at radius 1 is 1.40 bits per heavy atom. The topological polar surface area (TPSA) is 67.2 Å². The molecule has 1 aliphatic rings. The first-order valence-corrected chi connectivity index (χ1v) is 6.77. The number of nitrogens with one attached hydrogen (secondary N) is 1. The van der Waals surface area contributed by atoms with Gasteiger partial charge in [-0.25, -0.2) is 0 Å². The molecule has 2 heterocycles. The molecule has 1 atom stereocenters. The second-order valence-corrected chi connectivity index (χ2v) is 5.16. The molecule has 0 bridgehead atoms. The van der Waals surface area contributed by atoms with Crippen LogP contribution >= 0.6 is 0 Å². The summed E-state index contributed by atoms with van der Waals surface area (Å²) in [6.07, 6.45) is 1.09. The summed E-state index contributed by atoms with van der Waals surface area (Å²) in [4.78, 5) is 12.2. The van der Waals surface area contributed by atoms with Gasteiger partial charge in [-0.15, -0.1) is 0 Å². The van der Waals surface area contributed by atoms with E-state index in [1.807, 2.05) is 31.2 Å². The molecule has 0 fully saturated rings. The minimum atomic E-state index is -0.517. The highest BCUT2D eigenvalue weighted by Gasteiger charge is 2.22. The Hall–Kier alpha value is -2.14. The number of rotatable bonds is 2. The van der Waals surface area contributed by atoms with E-state index in [-0.39, 0.29) is 5.91 Å². The number of carbonyl (C=O) groups is 1. The Bertz CT molecular complexity index is 631. The number of aromatic nitrogens is 2. The van der Waals surface area contributed by atoms with Crippen molar-refractivity contribution < 1.29 is 9.90 Å². The lowest BCUT2D eigenvalue weighted by atomic mass is 10.1. The van der Waals surface area contributed by atoms with E-state index in [9.17, 15) is 9.90 Å². The molecule has 0 saturated heterocycles. The van der Waals surface area contributed by atoms with Crippen LogP contribution in [0, 0.1) is 6.92 Å². The summed E-state index contributed by atoms with van der Waals surface area (Å²) in [6.45, 7) is 2.75. The number of carbonyl (C=O) groups excluding carboxylic acids is 1. The monoisotopic (exact) mass is 271 g/mol. The largest absolute Gasteiger partial charge is 0.387 e. The third-order valence-electron chi connectivity index (χ3n) is 3.54. The number of hydrogen-bond acceptors (Lipinski definition) is 3. The molecule has 1 aliphatic heterocycles. The third kappa shape index (κ3) is 2.44. The highest BCUT2D eigenvalue weighted by atomic mass is 16.3. The van der Waals surface area contributed by atoms with Gasteiger partial charge in [0.1, 0.15) is 0 Å². The first kappa shape index (κ1) is 12.9. The van der Waals surface area contributed by atoms with Crippen LogP contribution in [0.5, 0.6) is 0 Å². The highest BCUT2D eigenvalue weighted by Crippen LogP contribution is 2.25. The fourth-order valence-corrected chi connectivity index (χ4v) is 2.40. The van der Waals surface area contributed by atoms with E-state index in [1.54, 1.807) is 10.7 Å². The molecule has 0 aliphatic carbocycles. The highest BCUT2D eigenvalue weighted by molar-refractivity contribution is 6.02. The maximum atomic E-state index is 12.2. The van der Waals surface area contributed by atoms with Gasteiger partial charge in [0.15, 0.2) is 5.69 Å². The van der Waals surface area contributed by atoms with Crippen LogP contribution in [-0.4, -0.2) is 20.8 Å². The van der Waals surface area contributed by atoms with Crippen LogP contribution in [0.15, 0.2) is 30.3 Å². The molecule has 5 heteroatoms. The molecule has 0 saturated carbocycles. The van der Waals surface area contributed by atoms with Gasteiger partial charge >= 0.3 is 0 Å². The molecule has 1 aromatic carbocycles. The predicted molar refractivity (Wildman–Crippen MR) is 75.6 cm³/mol. The Morgan fingerprint density at radius 2 is 2.15 bits per heavy atom. The van der Waals surface area contributed by atoms with Crippen molar-refractivity contribution in [3.05, 3.63) is 47.3 Å². The summed E-state index contributed by atoms with van der Waals surface area (Å²) in [6, 6.07) is 9.28. The summed E-state index contributed by atoms with van der Waals surface area (Å²) in [7, 11) is 0. The van der Waals surface area contributed by atoms with Crippen molar-refractivity contribution in [1.29, 1.82) is 0 Å². The van der Waals surface area contributed by atoms with Crippen LogP contribution in [-0.2, 0) is 6.54 Å². The van der Waals surface area contributed by atoms with Crippen LogP contribution in [0.25, 0.3) is 0 Å². The minimum Gasteiger partial charge on any atom is -0.387 e. The van der Waals surface area contributed by atoms with E-state index in [0.717, 1.165) is 36.3 Å². The second kappa shape index (κ2) is 5.09. The summed E-state index contributed by atoms with van der Waals surface area (Å²) in [5, 5.41) is 17.0. The Labute approximate surface area is 117 Å². The number of anilines is 1. The zero-order chi connectivity index (χ0) is 14.1. The molecule has 5 nitrogen and oxygen atoms in total. The molecular formula is C15H17N3O2. The molecule has 1 aromatic heterocycles. The van der Waals surface area contributed by atoms with Crippen LogP contribution in [0.1, 0.15) is 40.7 Å². The van der Waals surface area contributed by atoms with Crippen molar-refractivity contribution in [2.75, 3.05) is 5.32 Å². The van der Waals surface area contributed by atoms with Crippen LogP contribution < -0.4 is 5.32 Å². The van der Waals surface area contributed by atoms with E-state index in [0.29, 0.717) is 5.69 Å². The maximum Gasteiger partial charge on any atom is 0.276 e. The van der Waals surface area contributed by atoms with Crippen molar-refractivity contribution in [3.63, 3.8) is 0 Å². The molecule has 1 amide bonds. The number of aliphatic hydroxyl groups excluding tert-OH is 1. The zero-order valence-electron chi connectivity index (χ0n) is 11.3. The van der Waals surface area contributed by atoms with Crippen LogP contribution in [0.3, 0.4) is 0 Å². The summed E-state index contributed by atoms with van der Waals surface area (Å²) in [5.74, 6) is -0.247. The standard InChI is InChI=1S/C15H17N3O2/c1-10-4-6-11(7-5-10)16-15(20)12-9-13-14(19)3-2-8-18(13)17-12/h4-7,9,14,19H,2-3,8H2,1H3,(H,16,20)/t14-/m1/s1. The SMILES string of the molecule is Cc1ccc(NC(=O)c2cc3n(n2)CCC[C@H]3O)cc1. The fraction of sp³-hybridized carbons (Fsp3) is 0.333. The second-order valence-electron chi connectivity index (χ2n) is 5.16. The van der Waals surface area contributed by atoms with Gasteiger partial charge < -0.3 is 10.4 Å². The van der Waals surface area contributed by atoms with Gasteiger partial charge in [0.2, 0.25) is 0 Å². The maximum absolute atomic E-state index is 12.2. The van der Waals surface area contributed by atoms with E-state index < -0.39 is 6.10 Å². The smallest absolute Gasteiger partial charge is 0.276 e. The fourth-order valence-electron chi connectivity index (χ4n) is 2.40. The number of amides is 1. The molecule has 20 heavy (non-hydrogen) atoms. The van der Waals surface area contributed by atoms with Gasteiger partial charge in [0.25, 0.3) is 5.91 Å². The van der Waals surface area contributed by atoms with E-state index in [4.69, 9.17) is 0 Å². The normalized spacial score (nSPS) is 17.6. The molecule has 2 N–H and O–H groups in total. The van der Waals surface area contributed by atoms with Crippen LogP contribution in [0.2, 0.25) is 0 Å². The lowest BCUT2D eigenvalue weighted by molar-refractivity contribution is 0.102. The average molecular weight is 271 g/mol. The van der Waals surface area contributed by atoms with Gasteiger partial charge in [-0.05, 0) is 38.0 Å². The Morgan fingerprint density at radius 3 is 2.85 bits per heavy atom. The third-order valence-corrected chi connectivity index (χ3v) is 3.54. The quantitative estimate of drug-likeness (QED) is 0.880. The first-order chi connectivity index (χ1) is 9.63. The van der Waals surface area contributed by atoms with Gasteiger partial charge in [0, 0.05) is 12.2 Å². The molecule has 0 radical (unpaired) electrons. The summed E-state index contributed by atoms with van der Waals surface area (Å²) in [5.41, 5.74) is 2.96. The number of hydrogen-bond donors (Lipinski definition) is 2. The Kier molecular flexibility index (Phi) is 3.28. The molecule has 0 spiro atoms. The van der Waals surface area contributed by atoms with E-state index in [1.165, 1.54) is 0 Å². The number of benzene rings is 1. The minimum absolute atomic E-state index is 0.247. The number of nitrogens with zero attached hydrogens (tertiary/aromatic N) is 2. The van der Waals surface area contributed by atoms with Gasteiger partial charge in [-0.1, -0.05) is 17.7 Å². The van der Waals surface area contributed by atoms with Crippen molar-refractivity contribution >= 4 is 11.6 Å². The summed E-state index contributed by atoms with van der Waals surface area (Å²) >= 11 is 0. The number of aliphatic hydroxyl groups is 1. The van der Waals surface area contributed by atoms with Crippen molar-refractivity contribution in [1.82, 2.24) is 9.78 Å². The van der Waals surface area contributed by atoms with E-state index in [2.05, 4.69) is 10.4 Å². The van der Waals surface area contributed by atoms with Crippen molar-refractivity contribution in [2.45, 2.75) is 32.4 Å². The number of fused-ring (bicyclic) bond motifs is 1. The van der Waals surface area contributed by atoms with Gasteiger partial charge in [0.05, 0.1) is 11.8 Å². The van der Waals surface area contributed by atoms with E-state index >= 15 is 0 Å². The van der Waals surface area contributed by atoms with Gasteiger partial charge in [-0.3, -0.25) is 9.48 Å². The zero-order valence-corrected chi connectivity index (χ0v) is 11.3. The molecule has 2 aromatic rings. The molecular weight excluding hydrogens is 254 g/mol. The lowest BCUT2D eigenvalue weighted by Gasteiger charge is -2.18. The van der Waals surface area contributed by atoms with Gasteiger partial charge in [-0.2, -0.15) is 5.10 Å². The molecule has 104 valence electrons. The summed E-state index contributed by atoms with van der Waals surface area (Å²) < 4.78 is 1.72. The van der Waals surface area contributed by atoms with Crippen LogP contribution in [0.4, 0.5) is 5.69 Å². The Balaban J connectivity index is 1.79. The molecule has 0 unspecified atom stereocenters. The number of aryl methyl sites for hydroxylation is 2. The molecule has 3 rings (SSSR count). The van der Waals surface area contributed by atoms with Crippen molar-refractivity contribution in [3.8, 4) is 0 Å². The first-order valence-electron chi connectivity index (χ1n) is 6.77. The average Bonchev–Trinajstić information content (AvgIpc) is 2.87. The van der Waals surface area contributed by atoms with Crippen molar-refractivity contribution in [2.24, 2.45) is 0 Å². The predicted octanol–water partition coefficient (Wildman–Crippen LogP) is 2.27.